The molecule has 6 atom stereocenters. The van der Waals surface area contributed by atoms with Crippen LogP contribution < -0.4 is 0 Å². The summed E-state index contributed by atoms with van der Waals surface area (Å²) in [6.07, 6.45) is 7.44. The monoisotopic (exact) mass is 438 g/mol. The zero-order valence-electron chi connectivity index (χ0n) is 19.2. The van der Waals surface area contributed by atoms with E-state index >= 15 is 0 Å². The first-order chi connectivity index (χ1) is 14.4. The van der Waals surface area contributed by atoms with Crippen molar-refractivity contribution in [3.8, 4) is 0 Å². The summed E-state index contributed by atoms with van der Waals surface area (Å²) in [6.45, 7) is 8.34. The van der Waals surface area contributed by atoms with Crippen LogP contribution in [0.5, 0.6) is 0 Å². The van der Waals surface area contributed by atoms with Crippen molar-refractivity contribution in [3.63, 3.8) is 0 Å². The van der Waals surface area contributed by atoms with E-state index < -0.39 is 36.0 Å². The van der Waals surface area contributed by atoms with E-state index in [0.717, 1.165) is 5.57 Å². The Labute approximate surface area is 185 Å². The van der Waals surface area contributed by atoms with Gasteiger partial charge in [-0.3, -0.25) is 4.79 Å². The highest BCUT2D eigenvalue weighted by atomic mass is 16.6. The first-order valence-electron chi connectivity index (χ1n) is 10.8. The van der Waals surface area contributed by atoms with Gasteiger partial charge in [-0.15, -0.1) is 0 Å². The van der Waals surface area contributed by atoms with Gasteiger partial charge in [0.25, 0.3) is 5.79 Å². The van der Waals surface area contributed by atoms with Crippen molar-refractivity contribution >= 4 is 5.78 Å². The molecule has 0 radical (unpaired) electrons. The fraction of sp³-hybridized carbons (Fsp3) is 0.625. The molecule has 0 aromatic heterocycles. The molecule has 0 spiro atoms. The van der Waals surface area contributed by atoms with Gasteiger partial charge < -0.3 is 30.3 Å². The van der Waals surface area contributed by atoms with Gasteiger partial charge in [-0.1, -0.05) is 44.2 Å². The molecule has 1 aliphatic heterocycles. The van der Waals surface area contributed by atoms with Crippen LogP contribution >= 0.6 is 0 Å². The van der Waals surface area contributed by atoms with Crippen molar-refractivity contribution in [1.82, 2.24) is 0 Å². The first-order valence-corrected chi connectivity index (χ1v) is 10.8. The second-order valence-corrected chi connectivity index (χ2v) is 8.29. The van der Waals surface area contributed by atoms with Gasteiger partial charge in [-0.2, -0.15) is 0 Å². The molecule has 0 saturated carbocycles. The van der Waals surface area contributed by atoms with E-state index in [1.54, 1.807) is 13.0 Å². The van der Waals surface area contributed by atoms with Gasteiger partial charge >= 0.3 is 0 Å². The van der Waals surface area contributed by atoms with Crippen molar-refractivity contribution in [2.75, 3.05) is 0 Å². The van der Waals surface area contributed by atoms with Crippen LogP contribution in [-0.2, 0) is 9.53 Å². The van der Waals surface area contributed by atoms with Crippen LogP contribution in [0.4, 0.5) is 0 Å². The van der Waals surface area contributed by atoms with E-state index in [-0.39, 0.29) is 23.7 Å². The largest absolute Gasteiger partial charge is 0.456 e. The molecule has 0 bridgehead atoms. The molecule has 0 unspecified atom stereocenters. The zero-order valence-corrected chi connectivity index (χ0v) is 19.2. The van der Waals surface area contributed by atoms with Crippen molar-refractivity contribution in [3.05, 3.63) is 47.3 Å². The van der Waals surface area contributed by atoms with E-state index in [1.807, 2.05) is 38.2 Å². The Morgan fingerprint density at radius 1 is 1.16 bits per heavy atom. The summed E-state index contributed by atoms with van der Waals surface area (Å²) in [4.78, 5) is 12.1. The van der Waals surface area contributed by atoms with Gasteiger partial charge in [-0.25, -0.2) is 0 Å². The SMILES string of the molecule is CC[C@@H](O)/C=C(\C)[C@H](O)[C@H](C)/C=C/C=C/CC[C@@H](O)CC1=C(C)C(=O)[C@](O)([C@@H](C)O)O1. The minimum Gasteiger partial charge on any atom is -0.456 e. The van der Waals surface area contributed by atoms with Crippen LogP contribution in [0.25, 0.3) is 0 Å². The van der Waals surface area contributed by atoms with Gasteiger partial charge in [0.05, 0.1) is 18.3 Å². The number of ketones is 1. The van der Waals surface area contributed by atoms with Crippen LogP contribution in [0.2, 0.25) is 0 Å². The Hall–Kier alpha value is -1.77. The molecule has 0 aliphatic carbocycles. The molecule has 7 heteroatoms. The first kappa shape index (κ1) is 27.3. The highest BCUT2D eigenvalue weighted by Gasteiger charge is 2.50. The predicted octanol–water partition coefficient (Wildman–Crippen LogP) is 2.29. The van der Waals surface area contributed by atoms with Gasteiger partial charge in [0.2, 0.25) is 5.78 Å². The highest BCUT2D eigenvalue weighted by molar-refractivity contribution is 6.03. The summed E-state index contributed by atoms with van der Waals surface area (Å²) in [5.41, 5.74) is 0.947. The summed E-state index contributed by atoms with van der Waals surface area (Å²) in [6, 6.07) is 0. The lowest BCUT2D eigenvalue weighted by atomic mass is 9.96. The maximum atomic E-state index is 12.1. The van der Waals surface area contributed by atoms with Crippen LogP contribution in [0.15, 0.2) is 47.3 Å². The number of ether oxygens (including phenoxy) is 1. The number of rotatable bonds is 12. The van der Waals surface area contributed by atoms with Gasteiger partial charge in [0.15, 0.2) is 0 Å². The molecular formula is C24H38O7. The smallest absolute Gasteiger partial charge is 0.298 e. The third-order valence-electron chi connectivity index (χ3n) is 5.52. The molecule has 0 saturated heterocycles. The molecule has 1 rings (SSSR count). The normalized spacial score (nSPS) is 25.2. The van der Waals surface area contributed by atoms with Crippen molar-refractivity contribution in [2.24, 2.45) is 5.92 Å². The molecule has 7 nitrogen and oxygen atoms in total. The molecule has 0 aromatic rings. The summed E-state index contributed by atoms with van der Waals surface area (Å²) in [5, 5.41) is 49.9. The molecular weight excluding hydrogens is 400 g/mol. The van der Waals surface area contributed by atoms with Crippen LogP contribution in [0.3, 0.4) is 0 Å². The number of hydrogen-bond acceptors (Lipinski definition) is 7. The number of carbonyl (C=O) groups excluding carboxylic acids is 1. The van der Waals surface area contributed by atoms with E-state index in [2.05, 4.69) is 0 Å². The minimum absolute atomic E-state index is 0.0781. The standard InChI is InChI=1S/C24H38O7/c1-6-19(26)13-16(3)22(28)15(2)11-9-7-8-10-12-20(27)14-21-17(4)23(29)24(30,31-21)18(5)25/h7-9,11,13,15,18-20,22,25-28,30H,6,10,12,14H2,1-5H3/b8-7+,11-9+,16-13+/t15-,18-,19-,20-,22-,24+/m1/s1. The van der Waals surface area contributed by atoms with Gasteiger partial charge in [0, 0.05) is 17.9 Å². The summed E-state index contributed by atoms with van der Waals surface area (Å²) < 4.78 is 5.25. The average Bonchev–Trinajstić information content (AvgIpc) is 2.94. The van der Waals surface area contributed by atoms with Crippen molar-refractivity contribution in [2.45, 2.75) is 90.5 Å². The Balaban J connectivity index is 2.46. The molecule has 1 aliphatic rings. The van der Waals surface area contributed by atoms with Crippen LogP contribution in [0, 0.1) is 5.92 Å². The number of aliphatic hydroxyl groups excluding tert-OH is 4. The van der Waals surface area contributed by atoms with Crippen molar-refractivity contribution in [1.29, 1.82) is 0 Å². The Morgan fingerprint density at radius 2 is 1.81 bits per heavy atom. The lowest BCUT2D eigenvalue weighted by molar-refractivity contribution is -0.213. The Morgan fingerprint density at radius 3 is 2.35 bits per heavy atom. The lowest BCUT2D eigenvalue weighted by Crippen LogP contribution is -2.47. The van der Waals surface area contributed by atoms with E-state index in [4.69, 9.17) is 4.74 Å². The van der Waals surface area contributed by atoms with Gasteiger partial charge in [-0.05, 0) is 45.6 Å². The fourth-order valence-electron chi connectivity index (χ4n) is 3.23. The lowest BCUT2D eigenvalue weighted by Gasteiger charge is -2.25. The van der Waals surface area contributed by atoms with Gasteiger partial charge in [0.1, 0.15) is 11.9 Å². The van der Waals surface area contributed by atoms with E-state index in [9.17, 15) is 30.3 Å². The summed E-state index contributed by atoms with van der Waals surface area (Å²) in [7, 11) is 0. The van der Waals surface area contributed by atoms with Crippen molar-refractivity contribution < 1.29 is 35.1 Å². The quantitative estimate of drug-likeness (QED) is 0.234. The van der Waals surface area contributed by atoms with Crippen LogP contribution in [0.1, 0.15) is 60.3 Å². The topological polar surface area (TPSA) is 127 Å². The second kappa shape index (κ2) is 12.3. The minimum atomic E-state index is -2.27. The second-order valence-electron chi connectivity index (χ2n) is 8.29. The molecule has 0 amide bonds. The van der Waals surface area contributed by atoms with E-state index in [0.29, 0.717) is 19.3 Å². The maximum Gasteiger partial charge on any atom is 0.298 e. The van der Waals surface area contributed by atoms with Crippen LogP contribution in [-0.4, -0.2) is 61.5 Å². The number of aliphatic hydroxyl groups is 5. The maximum absolute atomic E-state index is 12.1. The molecule has 0 aromatic carbocycles. The third-order valence-corrected chi connectivity index (χ3v) is 5.52. The molecule has 176 valence electrons. The number of carbonyl (C=O) groups is 1. The fourth-order valence-corrected chi connectivity index (χ4v) is 3.23. The molecule has 5 N–H and O–H groups in total. The highest BCUT2D eigenvalue weighted by Crippen LogP contribution is 2.34. The number of Topliss-reactive ketones (excluding diaryl/α,β-unsaturated/α-hetero) is 1. The third kappa shape index (κ3) is 7.70. The molecule has 0 fully saturated rings. The molecule has 31 heavy (non-hydrogen) atoms. The number of allylic oxidation sites excluding steroid dienone is 3. The molecule has 1 heterocycles. The summed E-state index contributed by atoms with van der Waals surface area (Å²) >= 11 is 0. The summed E-state index contributed by atoms with van der Waals surface area (Å²) in [5.74, 6) is -2.87. The average molecular weight is 439 g/mol. The Bertz CT molecular complexity index is 719. The predicted molar refractivity (Wildman–Crippen MR) is 119 cm³/mol. The zero-order chi connectivity index (χ0) is 23.8. The van der Waals surface area contributed by atoms with E-state index in [1.165, 1.54) is 13.8 Å². The Kier molecular flexibility index (Phi) is 10.8. The number of hydrogen-bond donors (Lipinski definition) is 5.